The molecule has 106 valence electrons. The Kier molecular flexibility index (Phi) is 7.30. The second-order valence-electron chi connectivity index (χ2n) is 4.21. The molecule has 0 bridgehead atoms. The molecule has 2 N–H and O–H groups in total. The summed E-state index contributed by atoms with van der Waals surface area (Å²) in [5.41, 5.74) is 1.12. The topological polar surface area (TPSA) is 50.4 Å². The van der Waals surface area contributed by atoms with Crippen LogP contribution in [-0.4, -0.2) is 26.1 Å². The quantitative estimate of drug-likeness (QED) is 0.721. The van der Waals surface area contributed by atoms with Crippen molar-refractivity contribution in [3.05, 3.63) is 28.8 Å². The highest BCUT2D eigenvalue weighted by atomic mass is 35.5. The van der Waals surface area contributed by atoms with Gasteiger partial charge in [-0.2, -0.15) is 0 Å². The van der Waals surface area contributed by atoms with Gasteiger partial charge in [-0.05, 0) is 30.7 Å². The molecule has 0 aliphatic carbocycles. The Labute approximate surface area is 119 Å². The number of ether oxygens (including phenoxy) is 1. The van der Waals surface area contributed by atoms with Crippen LogP contribution < -0.4 is 15.4 Å². The number of carbonyl (C=O) groups excluding carboxylic acids is 1. The van der Waals surface area contributed by atoms with Crippen molar-refractivity contribution >= 4 is 17.5 Å². The Morgan fingerprint density at radius 1 is 1.42 bits per heavy atom. The van der Waals surface area contributed by atoms with Gasteiger partial charge < -0.3 is 15.4 Å². The number of hydrogen-bond donors (Lipinski definition) is 2. The minimum absolute atomic E-state index is 0.0449. The van der Waals surface area contributed by atoms with E-state index < -0.39 is 0 Å². The molecule has 4 nitrogen and oxygen atoms in total. The van der Waals surface area contributed by atoms with Gasteiger partial charge in [0, 0.05) is 13.6 Å². The predicted molar refractivity (Wildman–Crippen MR) is 77.6 cm³/mol. The van der Waals surface area contributed by atoms with E-state index in [1.807, 2.05) is 18.2 Å². The average Bonchev–Trinajstić information content (AvgIpc) is 2.41. The summed E-state index contributed by atoms with van der Waals surface area (Å²) in [6, 6.07) is 5.71. The molecule has 0 unspecified atom stereocenters. The van der Waals surface area contributed by atoms with Gasteiger partial charge in [-0.25, -0.2) is 0 Å². The molecule has 1 amide bonds. The molecule has 0 heterocycles. The van der Waals surface area contributed by atoms with Crippen LogP contribution >= 0.6 is 11.6 Å². The summed E-state index contributed by atoms with van der Waals surface area (Å²) in [6.45, 7) is 4.24. The van der Waals surface area contributed by atoms with Gasteiger partial charge in [0.2, 0.25) is 5.91 Å². The monoisotopic (exact) mass is 284 g/mol. The summed E-state index contributed by atoms with van der Waals surface area (Å²) >= 11 is 6.14. The smallest absolute Gasteiger partial charge is 0.223 e. The first-order valence-electron chi connectivity index (χ1n) is 6.50. The van der Waals surface area contributed by atoms with Crippen LogP contribution in [0.25, 0.3) is 0 Å². The predicted octanol–water partition coefficient (Wildman–Crippen LogP) is 2.35. The van der Waals surface area contributed by atoms with Crippen molar-refractivity contribution in [3.63, 3.8) is 0 Å². The number of nitrogens with one attached hydrogen (secondary N) is 2. The van der Waals surface area contributed by atoms with Crippen LogP contribution in [0.5, 0.6) is 5.75 Å². The van der Waals surface area contributed by atoms with Crippen LogP contribution in [0.3, 0.4) is 0 Å². The van der Waals surface area contributed by atoms with E-state index in [-0.39, 0.29) is 5.91 Å². The fourth-order valence-electron chi connectivity index (χ4n) is 1.56. The second kappa shape index (κ2) is 8.77. The summed E-state index contributed by atoms with van der Waals surface area (Å²) in [5.74, 6) is 0.571. The second-order valence-corrected chi connectivity index (χ2v) is 4.62. The first-order chi connectivity index (χ1) is 9.17. The standard InChI is InChI=1S/C14H21ClN2O2/c1-3-7-17-10-11-4-5-13(12(15)9-11)19-8-6-14(18)16-2/h4-5,9,17H,3,6-8,10H2,1-2H3,(H,16,18). The SMILES string of the molecule is CCCNCc1ccc(OCCC(=O)NC)c(Cl)c1. The summed E-state index contributed by atoms with van der Waals surface area (Å²) in [7, 11) is 1.60. The molecule has 19 heavy (non-hydrogen) atoms. The normalized spacial score (nSPS) is 10.3. The lowest BCUT2D eigenvalue weighted by atomic mass is 10.2. The molecule has 0 aliphatic rings. The van der Waals surface area contributed by atoms with Gasteiger partial charge >= 0.3 is 0 Å². The van der Waals surface area contributed by atoms with E-state index in [1.54, 1.807) is 7.05 Å². The third-order valence-corrected chi connectivity index (χ3v) is 2.91. The molecular formula is C14H21ClN2O2. The molecule has 0 saturated carbocycles. The Morgan fingerprint density at radius 3 is 2.84 bits per heavy atom. The average molecular weight is 285 g/mol. The van der Waals surface area contributed by atoms with Crippen LogP contribution in [-0.2, 0) is 11.3 Å². The third-order valence-electron chi connectivity index (χ3n) is 2.62. The van der Waals surface area contributed by atoms with Gasteiger partial charge in [-0.15, -0.1) is 0 Å². The van der Waals surface area contributed by atoms with Gasteiger partial charge in [0.15, 0.2) is 0 Å². The molecule has 0 spiro atoms. The van der Waals surface area contributed by atoms with E-state index in [9.17, 15) is 4.79 Å². The minimum Gasteiger partial charge on any atom is -0.491 e. The zero-order valence-corrected chi connectivity index (χ0v) is 12.2. The Morgan fingerprint density at radius 2 is 2.21 bits per heavy atom. The minimum atomic E-state index is -0.0449. The van der Waals surface area contributed by atoms with E-state index in [0.29, 0.717) is 23.8 Å². The summed E-state index contributed by atoms with van der Waals surface area (Å²) in [6.07, 6.45) is 1.43. The molecule has 0 atom stereocenters. The van der Waals surface area contributed by atoms with Crippen molar-refractivity contribution in [2.75, 3.05) is 20.2 Å². The maximum absolute atomic E-state index is 11.1. The van der Waals surface area contributed by atoms with Gasteiger partial charge in [0.05, 0.1) is 18.1 Å². The van der Waals surface area contributed by atoms with E-state index >= 15 is 0 Å². The molecule has 5 heteroatoms. The van der Waals surface area contributed by atoms with Crippen molar-refractivity contribution < 1.29 is 9.53 Å². The lowest BCUT2D eigenvalue weighted by molar-refractivity contribution is -0.121. The van der Waals surface area contributed by atoms with E-state index in [2.05, 4.69) is 17.6 Å². The lowest BCUT2D eigenvalue weighted by Crippen LogP contribution is -2.20. The zero-order valence-electron chi connectivity index (χ0n) is 11.5. The fourth-order valence-corrected chi connectivity index (χ4v) is 1.82. The van der Waals surface area contributed by atoms with Crippen molar-refractivity contribution in [1.29, 1.82) is 0 Å². The van der Waals surface area contributed by atoms with Gasteiger partial charge in [-0.3, -0.25) is 4.79 Å². The van der Waals surface area contributed by atoms with Crippen molar-refractivity contribution in [2.45, 2.75) is 26.3 Å². The maximum Gasteiger partial charge on any atom is 0.223 e. The highest BCUT2D eigenvalue weighted by Gasteiger charge is 2.04. The molecule has 0 radical (unpaired) electrons. The number of benzene rings is 1. The van der Waals surface area contributed by atoms with Crippen molar-refractivity contribution in [2.24, 2.45) is 0 Å². The lowest BCUT2D eigenvalue weighted by Gasteiger charge is -2.09. The van der Waals surface area contributed by atoms with Crippen LogP contribution in [0.2, 0.25) is 5.02 Å². The van der Waals surface area contributed by atoms with Crippen molar-refractivity contribution in [1.82, 2.24) is 10.6 Å². The number of amides is 1. The molecule has 1 aromatic carbocycles. The molecule has 1 rings (SSSR count). The highest BCUT2D eigenvalue weighted by Crippen LogP contribution is 2.25. The number of hydrogen-bond acceptors (Lipinski definition) is 3. The summed E-state index contributed by atoms with van der Waals surface area (Å²) in [4.78, 5) is 11.1. The van der Waals surface area contributed by atoms with E-state index in [1.165, 1.54) is 0 Å². The maximum atomic E-state index is 11.1. The first-order valence-corrected chi connectivity index (χ1v) is 6.87. The van der Waals surface area contributed by atoms with Crippen LogP contribution in [0, 0.1) is 0 Å². The van der Waals surface area contributed by atoms with Crippen LogP contribution in [0.1, 0.15) is 25.3 Å². The number of rotatable bonds is 8. The van der Waals surface area contributed by atoms with Gasteiger partial charge in [0.25, 0.3) is 0 Å². The van der Waals surface area contributed by atoms with Crippen LogP contribution in [0.4, 0.5) is 0 Å². The first kappa shape index (κ1) is 15.8. The third kappa shape index (κ3) is 5.94. The van der Waals surface area contributed by atoms with Crippen molar-refractivity contribution in [3.8, 4) is 5.75 Å². The Bertz CT molecular complexity index is 410. The molecule has 0 saturated heterocycles. The molecule has 1 aromatic rings. The Balaban J connectivity index is 2.45. The van der Waals surface area contributed by atoms with Gasteiger partial charge in [-0.1, -0.05) is 24.6 Å². The number of carbonyl (C=O) groups is 1. The van der Waals surface area contributed by atoms with Gasteiger partial charge in [0.1, 0.15) is 5.75 Å². The Hall–Kier alpha value is -1.26. The van der Waals surface area contributed by atoms with Crippen LogP contribution in [0.15, 0.2) is 18.2 Å². The largest absolute Gasteiger partial charge is 0.491 e. The summed E-state index contributed by atoms with van der Waals surface area (Å²) < 4.78 is 5.48. The zero-order chi connectivity index (χ0) is 14.1. The number of halogens is 1. The molecular weight excluding hydrogens is 264 g/mol. The molecule has 0 aliphatic heterocycles. The summed E-state index contributed by atoms with van der Waals surface area (Å²) in [5, 5.41) is 6.43. The molecule has 0 aromatic heterocycles. The highest BCUT2D eigenvalue weighted by molar-refractivity contribution is 6.32. The van der Waals surface area contributed by atoms with E-state index in [0.717, 1.165) is 25.1 Å². The molecule has 0 fully saturated rings. The fraction of sp³-hybridized carbons (Fsp3) is 0.500. The van der Waals surface area contributed by atoms with E-state index in [4.69, 9.17) is 16.3 Å².